The molecule has 0 spiro atoms. The van der Waals surface area contributed by atoms with Crippen molar-refractivity contribution in [1.82, 2.24) is 4.90 Å². The third-order valence-corrected chi connectivity index (χ3v) is 3.08. The Morgan fingerprint density at radius 3 is 2.23 bits per heavy atom. The van der Waals surface area contributed by atoms with E-state index in [-0.39, 0.29) is 0 Å². The van der Waals surface area contributed by atoms with E-state index in [2.05, 4.69) is 18.1 Å². The molecule has 13 heavy (non-hydrogen) atoms. The minimum Gasteiger partial charge on any atom is -0.302 e. The molecule has 1 rings (SSSR count). The van der Waals surface area contributed by atoms with E-state index in [0.29, 0.717) is 0 Å². The smallest absolute Gasteiger partial charge is 0.00722 e. The van der Waals surface area contributed by atoms with Gasteiger partial charge in [0.2, 0.25) is 0 Å². The average Bonchev–Trinajstić information content (AvgIpc) is 2.20. The Hall–Kier alpha value is 0.310. The number of rotatable bonds is 3. The molecule has 0 unspecified atom stereocenters. The zero-order chi connectivity index (χ0) is 10.1. The lowest BCUT2D eigenvalue weighted by molar-refractivity contribution is 0.203. The lowest BCUT2D eigenvalue weighted by Crippen LogP contribution is -2.34. The first-order valence-electron chi connectivity index (χ1n) is 5.54. The molecule has 0 atom stereocenters. The van der Waals surface area contributed by atoms with Gasteiger partial charge in [0, 0.05) is 12.3 Å². The summed E-state index contributed by atoms with van der Waals surface area (Å²) in [6.45, 7) is 10.3. The number of hydrogen-bond acceptors (Lipinski definition) is 2. The summed E-state index contributed by atoms with van der Waals surface area (Å²) in [4.78, 5) is 2.59. The van der Waals surface area contributed by atoms with Crippen molar-refractivity contribution in [2.45, 2.75) is 33.6 Å². The lowest BCUT2D eigenvalue weighted by Gasteiger charge is -2.29. The van der Waals surface area contributed by atoms with Crippen LogP contribution in [0.5, 0.6) is 0 Å². The van der Waals surface area contributed by atoms with E-state index >= 15 is 0 Å². The van der Waals surface area contributed by atoms with Crippen molar-refractivity contribution in [3.63, 3.8) is 0 Å². The molecule has 0 radical (unpaired) electrons. The van der Waals surface area contributed by atoms with E-state index < -0.39 is 0 Å². The van der Waals surface area contributed by atoms with Crippen LogP contribution in [0.2, 0.25) is 0 Å². The van der Waals surface area contributed by atoms with Crippen molar-refractivity contribution in [3.05, 3.63) is 0 Å². The molecule has 1 fully saturated rings. The molecule has 1 heterocycles. The Bertz CT molecular complexity index is 95.5. The third-order valence-electron chi connectivity index (χ3n) is 2.49. The van der Waals surface area contributed by atoms with Crippen LogP contribution in [0.4, 0.5) is 0 Å². The van der Waals surface area contributed by atoms with Crippen molar-refractivity contribution in [3.8, 4) is 0 Å². The molecule has 0 aromatic carbocycles. The van der Waals surface area contributed by atoms with Crippen LogP contribution in [0.3, 0.4) is 0 Å². The molecule has 1 aliphatic rings. The minimum absolute atomic E-state index is 0.973. The maximum absolute atomic E-state index is 2.59. The number of nitrogens with zero attached hydrogens (tertiary/aromatic N) is 1. The predicted octanol–water partition coefficient (Wildman–Crippen LogP) is 3.11. The van der Waals surface area contributed by atoms with Gasteiger partial charge in [0.1, 0.15) is 0 Å². The van der Waals surface area contributed by atoms with Crippen molar-refractivity contribution < 1.29 is 0 Å². The van der Waals surface area contributed by atoms with Gasteiger partial charge in [-0.3, -0.25) is 0 Å². The first-order chi connectivity index (χ1) is 6.33. The molecule has 0 saturated carbocycles. The zero-order valence-electron chi connectivity index (χ0n) is 9.68. The van der Waals surface area contributed by atoms with Gasteiger partial charge in [-0.1, -0.05) is 20.8 Å². The Morgan fingerprint density at radius 2 is 1.77 bits per heavy atom. The topological polar surface area (TPSA) is 3.24 Å². The molecule has 1 aliphatic heterocycles. The second-order valence-electron chi connectivity index (χ2n) is 3.52. The quantitative estimate of drug-likeness (QED) is 0.693. The van der Waals surface area contributed by atoms with Crippen LogP contribution >= 0.6 is 11.8 Å². The normalized spacial score (nSPS) is 19.4. The van der Waals surface area contributed by atoms with Crippen LogP contribution in [-0.4, -0.2) is 36.5 Å². The Kier molecular flexibility index (Phi) is 9.10. The SMILES string of the molecule is CC.CSCCN1CCC(C)CC1. The number of piperidine rings is 1. The van der Waals surface area contributed by atoms with Gasteiger partial charge in [-0.2, -0.15) is 11.8 Å². The molecule has 0 aliphatic carbocycles. The lowest BCUT2D eigenvalue weighted by atomic mass is 9.99. The molecule has 1 nitrogen and oxygen atoms in total. The van der Waals surface area contributed by atoms with Crippen molar-refractivity contribution >= 4 is 11.8 Å². The van der Waals surface area contributed by atoms with Crippen molar-refractivity contribution in [2.24, 2.45) is 5.92 Å². The Balaban J connectivity index is 0.000000671. The number of hydrogen-bond donors (Lipinski definition) is 0. The van der Waals surface area contributed by atoms with E-state index in [1.54, 1.807) is 0 Å². The number of likely N-dealkylation sites (tertiary alicyclic amines) is 1. The summed E-state index contributed by atoms with van der Waals surface area (Å²) >= 11 is 1.95. The van der Waals surface area contributed by atoms with E-state index in [4.69, 9.17) is 0 Å². The van der Waals surface area contributed by atoms with Crippen LogP contribution in [0.15, 0.2) is 0 Å². The summed E-state index contributed by atoms with van der Waals surface area (Å²) < 4.78 is 0. The van der Waals surface area contributed by atoms with Gasteiger partial charge in [0.05, 0.1) is 0 Å². The summed E-state index contributed by atoms with van der Waals surface area (Å²) in [6.07, 6.45) is 5.01. The van der Waals surface area contributed by atoms with Gasteiger partial charge in [-0.05, 0) is 38.1 Å². The first kappa shape index (κ1) is 13.3. The molecule has 0 bridgehead atoms. The molecule has 1 saturated heterocycles. The van der Waals surface area contributed by atoms with E-state index in [9.17, 15) is 0 Å². The van der Waals surface area contributed by atoms with Gasteiger partial charge in [0.15, 0.2) is 0 Å². The van der Waals surface area contributed by atoms with E-state index in [0.717, 1.165) is 5.92 Å². The van der Waals surface area contributed by atoms with Crippen LogP contribution in [0.25, 0.3) is 0 Å². The van der Waals surface area contributed by atoms with Crippen molar-refractivity contribution in [1.29, 1.82) is 0 Å². The number of thioether (sulfide) groups is 1. The molecule has 0 N–H and O–H groups in total. The average molecular weight is 203 g/mol. The van der Waals surface area contributed by atoms with Gasteiger partial charge in [-0.15, -0.1) is 0 Å². The minimum atomic E-state index is 0.973. The highest BCUT2D eigenvalue weighted by molar-refractivity contribution is 7.98. The van der Waals surface area contributed by atoms with Crippen LogP contribution in [0.1, 0.15) is 33.6 Å². The first-order valence-corrected chi connectivity index (χ1v) is 6.93. The van der Waals surface area contributed by atoms with Crippen LogP contribution in [-0.2, 0) is 0 Å². The van der Waals surface area contributed by atoms with Gasteiger partial charge in [0.25, 0.3) is 0 Å². The largest absolute Gasteiger partial charge is 0.302 e. The molecule has 0 aromatic rings. The highest BCUT2D eigenvalue weighted by atomic mass is 32.2. The van der Waals surface area contributed by atoms with Crippen molar-refractivity contribution in [2.75, 3.05) is 31.6 Å². The van der Waals surface area contributed by atoms with Gasteiger partial charge < -0.3 is 4.90 Å². The van der Waals surface area contributed by atoms with Crippen LogP contribution in [0, 0.1) is 5.92 Å². The fourth-order valence-electron chi connectivity index (χ4n) is 1.51. The van der Waals surface area contributed by atoms with Gasteiger partial charge in [-0.25, -0.2) is 0 Å². The highest BCUT2D eigenvalue weighted by Gasteiger charge is 2.14. The van der Waals surface area contributed by atoms with E-state index in [1.807, 2.05) is 25.6 Å². The Morgan fingerprint density at radius 1 is 1.23 bits per heavy atom. The monoisotopic (exact) mass is 203 g/mol. The standard InChI is InChI=1S/C9H19NS.C2H6/c1-9-3-5-10(6-4-9)7-8-11-2;1-2/h9H,3-8H2,1-2H3;1-2H3. The third kappa shape index (κ3) is 6.39. The summed E-state index contributed by atoms with van der Waals surface area (Å²) in [5.41, 5.74) is 0. The van der Waals surface area contributed by atoms with Crippen LogP contribution < -0.4 is 0 Å². The molecule has 0 aromatic heterocycles. The summed E-state index contributed by atoms with van der Waals surface area (Å²) in [5, 5.41) is 0. The second-order valence-corrected chi connectivity index (χ2v) is 4.50. The summed E-state index contributed by atoms with van der Waals surface area (Å²) in [5.74, 6) is 2.27. The Labute approximate surface area is 88.3 Å². The molecular weight excluding hydrogens is 178 g/mol. The predicted molar refractivity (Wildman–Crippen MR) is 64.6 cm³/mol. The maximum Gasteiger partial charge on any atom is 0.00722 e. The fourth-order valence-corrected chi connectivity index (χ4v) is 1.95. The molecular formula is C11H25NS. The van der Waals surface area contributed by atoms with Gasteiger partial charge >= 0.3 is 0 Å². The zero-order valence-corrected chi connectivity index (χ0v) is 10.5. The summed E-state index contributed by atoms with van der Waals surface area (Å²) in [7, 11) is 0. The molecule has 0 amide bonds. The highest BCUT2D eigenvalue weighted by Crippen LogP contribution is 2.15. The molecule has 80 valence electrons. The fraction of sp³-hybridized carbons (Fsp3) is 1.00. The maximum atomic E-state index is 2.59. The summed E-state index contributed by atoms with van der Waals surface area (Å²) in [6, 6.07) is 0. The second kappa shape index (κ2) is 8.89. The van der Waals surface area contributed by atoms with E-state index in [1.165, 1.54) is 38.2 Å². The molecule has 2 heteroatoms.